The van der Waals surface area contributed by atoms with E-state index in [0.29, 0.717) is 76.1 Å². The maximum absolute atomic E-state index is 13.4. The zero-order valence-corrected chi connectivity index (χ0v) is 74.8. The number of hydrogen-bond donors (Lipinski definition) is 20. The maximum Gasteiger partial charge on any atom is 0.251 e. The van der Waals surface area contributed by atoms with Crippen LogP contribution in [-0.4, -0.2) is 107 Å². The highest BCUT2D eigenvalue weighted by molar-refractivity contribution is 6.04. The molecule has 0 atom stereocenters. The predicted molar refractivity (Wildman–Crippen MR) is 506 cm³/mol. The highest BCUT2D eigenvalue weighted by Gasteiger charge is 2.22. The van der Waals surface area contributed by atoms with E-state index < -0.39 is 5.82 Å². The second-order valence-corrected chi connectivity index (χ2v) is 32.3. The first-order valence-corrected chi connectivity index (χ1v) is 41.5. The number of aromatic nitrogens is 6. The number of nitrogens with two attached hydrogens (primary N) is 6. The number of aromatic amines is 1. The van der Waals surface area contributed by atoms with Crippen LogP contribution in [0.15, 0.2) is 162 Å². The molecule has 676 valence electrons. The van der Waals surface area contributed by atoms with Crippen LogP contribution >= 0.6 is 0 Å². The number of halogens is 1. The predicted octanol–water partition coefficient (Wildman–Crippen LogP) is 13.6. The summed E-state index contributed by atoms with van der Waals surface area (Å²) in [5, 5.41) is 63.1. The Morgan fingerprint density at radius 2 is 0.938 bits per heavy atom. The molecule has 0 bridgehead atoms. The second-order valence-electron chi connectivity index (χ2n) is 32.3. The Morgan fingerprint density at radius 3 is 1.45 bits per heavy atom. The zero-order chi connectivity index (χ0) is 94.5. The van der Waals surface area contributed by atoms with Crippen molar-refractivity contribution >= 4 is 166 Å². The summed E-state index contributed by atoms with van der Waals surface area (Å²) in [5.74, 6) is 1.04. The van der Waals surface area contributed by atoms with E-state index in [-0.39, 0.29) is 112 Å². The Bertz CT molecular complexity index is 5750. The van der Waals surface area contributed by atoms with Gasteiger partial charge in [-0.2, -0.15) is 5.10 Å². The third-order valence-electron chi connectivity index (χ3n) is 19.1. The summed E-state index contributed by atoms with van der Waals surface area (Å²) in [6.45, 7) is 33.0. The van der Waals surface area contributed by atoms with Crippen LogP contribution in [0.2, 0.25) is 0 Å². The van der Waals surface area contributed by atoms with Crippen LogP contribution in [0, 0.1) is 69.4 Å². The lowest BCUT2D eigenvalue weighted by Crippen LogP contribution is -2.24. The number of rotatable bonds is 18. The molecule has 7 heterocycles. The molecule has 0 unspecified atom stereocenters. The number of nitrogen functional groups attached to an aromatic ring is 6. The lowest BCUT2D eigenvalue weighted by atomic mass is 10.0. The van der Waals surface area contributed by atoms with Crippen LogP contribution in [0.3, 0.4) is 0 Å². The molecular formula is C92H117FN26O9. The van der Waals surface area contributed by atoms with Gasteiger partial charge >= 0.3 is 0 Å². The average Bonchev–Trinajstić information content (AvgIpc) is 1.79. The van der Waals surface area contributed by atoms with E-state index in [1.807, 2.05) is 132 Å². The molecule has 0 spiro atoms. The number of nitrogens with one attached hydrogen (secondary N) is 14. The van der Waals surface area contributed by atoms with E-state index in [1.54, 1.807) is 74.5 Å². The standard InChI is InChI=1S/C13H18N2O.C12H14N4O.C12H16N4.C12H14N2O2.C11H14FN3O.C11H14N4O.C11H13N3O2.C10H14N4O/c1-9(2)13(16)15-12-4-3-11-8-14-6-5-10(11)7-12;1-7(2)12(17)16-8-3-4-9-10(5-8)14-6-15-11(9)13;1-7(2)12-15-6-9-5-8(11(13)14)3-4-10(9)16-12;1-7(2)11(15)14-9-3-4-10-8(5-9)6-13-12(10)16;1-6(2)11(16)15-7-3-4-8(10(13)14)9(12)5-7;1-6(2)11(16)13-7-3-4-8-9(5-7)14-15-10(8)12;1-6(2)11(15)13-7-3-4-8-9(5-7)16-14-10(8)12;1-6(2)10(15)14-7-3-4-8(9(11)12)13-5-7/h3-4,7,9,14H,5-6,8H2,1-2H3,(H,15,16);3-7H,1-2H3,(H,16,17)(H2,13,14,15);3-5,7H,6H2,1-2H3,(H3,13,14)(H,15,16);3-5,7H,6H2,1-2H3,(H,13,16)(H,14,15);3-6H,1-2H3,(H3,13,14)(H,15,16);3-6H,1-2H3,(H,13,16)(H3,12,14,15);3-6H,1-2H3,(H2,12,14)(H,13,15);3-6H,1-2H3,(H3,11,12)(H,14,15). The number of amides is 8. The minimum Gasteiger partial charge on any atom is -0.384 e. The van der Waals surface area contributed by atoms with Gasteiger partial charge in [0.15, 0.2) is 17.2 Å². The van der Waals surface area contributed by atoms with E-state index >= 15 is 0 Å². The number of benzene rings is 7. The Labute approximate surface area is 742 Å². The fourth-order valence-corrected chi connectivity index (χ4v) is 11.3. The molecular weight excluding hydrogens is 1630 g/mol. The van der Waals surface area contributed by atoms with Gasteiger partial charge in [0.2, 0.25) is 41.4 Å². The summed E-state index contributed by atoms with van der Waals surface area (Å²) in [7, 11) is 0. The van der Waals surface area contributed by atoms with E-state index in [4.69, 9.17) is 55.2 Å². The van der Waals surface area contributed by atoms with E-state index in [9.17, 15) is 42.7 Å². The van der Waals surface area contributed by atoms with Crippen molar-refractivity contribution in [3.05, 3.63) is 203 Å². The maximum atomic E-state index is 13.4. The summed E-state index contributed by atoms with van der Waals surface area (Å²) >= 11 is 0. The Kier molecular flexibility index (Phi) is 36.8. The summed E-state index contributed by atoms with van der Waals surface area (Å²) in [6, 6.07) is 40.7. The Morgan fingerprint density at radius 1 is 0.453 bits per heavy atom. The normalized spacial score (nSPS) is 11.9. The van der Waals surface area contributed by atoms with Crippen molar-refractivity contribution < 1.29 is 47.3 Å². The van der Waals surface area contributed by atoms with Crippen LogP contribution in [0.25, 0.3) is 32.8 Å². The molecule has 8 amide bonds. The van der Waals surface area contributed by atoms with Gasteiger partial charge in [0.1, 0.15) is 47.0 Å². The largest absolute Gasteiger partial charge is 0.384 e. The zero-order valence-electron chi connectivity index (χ0n) is 74.8. The van der Waals surface area contributed by atoms with Gasteiger partial charge in [0.05, 0.1) is 40.4 Å². The van der Waals surface area contributed by atoms with Crippen LogP contribution in [-0.2, 0) is 59.6 Å². The quantitative estimate of drug-likeness (QED) is 0.0280. The third kappa shape index (κ3) is 30.1. The van der Waals surface area contributed by atoms with E-state index in [0.717, 1.165) is 98.0 Å². The molecule has 3 aliphatic heterocycles. The molecule has 7 aromatic carbocycles. The van der Waals surface area contributed by atoms with Gasteiger partial charge in [-0.15, -0.1) is 0 Å². The summed E-state index contributed by atoms with van der Waals surface area (Å²) < 4.78 is 18.4. The number of nitrogens with zero attached hydrogens (tertiary/aromatic N) is 6. The molecule has 0 saturated heterocycles. The van der Waals surface area contributed by atoms with Crippen molar-refractivity contribution in [3.63, 3.8) is 0 Å². The lowest BCUT2D eigenvalue weighted by Gasteiger charge is -2.21. The molecule has 0 aliphatic carbocycles. The minimum absolute atomic E-state index is 0.00756. The number of amidine groups is 4. The van der Waals surface area contributed by atoms with Crippen LogP contribution in [0.4, 0.5) is 67.3 Å². The molecule has 0 radical (unpaired) electrons. The second kappa shape index (κ2) is 47.1. The summed E-state index contributed by atoms with van der Waals surface area (Å²) in [4.78, 5) is 108. The highest BCUT2D eigenvalue weighted by Crippen LogP contribution is 2.29. The summed E-state index contributed by atoms with van der Waals surface area (Å²) in [5.41, 5.74) is 47.4. The fraction of sp³-hybridized carbons (Fsp3) is 0.315. The number of H-pyrrole nitrogens is 1. The van der Waals surface area contributed by atoms with E-state index in [1.165, 1.54) is 35.8 Å². The number of hydrogen-bond acceptors (Lipinski definition) is 23. The average molecular weight is 1750 g/mol. The number of pyridine rings is 1. The first kappa shape index (κ1) is 100.0. The van der Waals surface area contributed by atoms with Crippen LogP contribution < -0.4 is 87.6 Å². The van der Waals surface area contributed by atoms with Gasteiger partial charge in [-0.1, -0.05) is 122 Å². The molecule has 128 heavy (non-hydrogen) atoms. The van der Waals surface area contributed by atoms with Gasteiger partial charge in [0.25, 0.3) is 5.91 Å². The van der Waals surface area contributed by atoms with Gasteiger partial charge in [-0.25, -0.2) is 14.4 Å². The van der Waals surface area contributed by atoms with Crippen molar-refractivity contribution in [2.24, 2.45) is 69.5 Å². The summed E-state index contributed by atoms with van der Waals surface area (Å²) in [6.07, 6.45) is 3.93. The first-order chi connectivity index (χ1) is 60.5. The highest BCUT2D eigenvalue weighted by atomic mass is 19.1. The molecule has 35 nitrogen and oxygen atoms in total. The molecule has 0 saturated carbocycles. The molecule has 3 aliphatic rings. The molecule has 36 heteroatoms. The molecule has 11 aromatic rings. The van der Waals surface area contributed by atoms with Gasteiger partial charge in [0, 0.05) is 128 Å². The van der Waals surface area contributed by atoms with Crippen molar-refractivity contribution in [2.75, 3.05) is 66.3 Å². The van der Waals surface area contributed by atoms with Crippen molar-refractivity contribution in [1.29, 1.82) is 16.2 Å². The number of carbonyl (C=O) groups is 8. The number of carbonyl (C=O) groups excluding carboxylic acids is 8. The first-order valence-electron chi connectivity index (χ1n) is 41.5. The smallest absolute Gasteiger partial charge is 0.251 e. The van der Waals surface area contributed by atoms with E-state index in [2.05, 4.69) is 114 Å². The van der Waals surface area contributed by atoms with Crippen LogP contribution in [0.1, 0.15) is 160 Å². The molecule has 4 aromatic heterocycles. The number of fused-ring (bicyclic) bond motifs is 6. The number of anilines is 11. The molecule has 14 rings (SSSR count). The van der Waals surface area contributed by atoms with Gasteiger partial charge < -0.3 is 92.1 Å². The topological polar surface area (TPSA) is 590 Å². The Balaban J connectivity index is 0.000000200. The van der Waals surface area contributed by atoms with Crippen molar-refractivity contribution in [1.82, 2.24) is 40.9 Å². The van der Waals surface area contributed by atoms with Crippen molar-refractivity contribution in [2.45, 2.75) is 137 Å². The molecule has 26 N–H and O–H groups in total. The SMILES string of the molecule is CC(C)C(=O)Nc1ccc(C(=N)N)c(F)c1.CC(C)C(=O)Nc1ccc(C(=N)N)nc1.CC(C)C(=O)Nc1ccc2c(N)n[nH]c2c1.CC(C)C(=O)Nc1ccc2c(N)ncnc2c1.CC(C)C(=O)Nc1ccc2c(N)noc2c1.CC(C)C(=O)Nc1ccc2c(c1)CCNC2.CC(C)C(=O)Nc1ccc2c(c1)CNC2=O.CC(C)C1=NCc2cc(C(=N)N)ccc2N1. The lowest BCUT2D eigenvalue weighted by molar-refractivity contribution is -0.119. The van der Waals surface area contributed by atoms with Crippen molar-refractivity contribution in [3.8, 4) is 0 Å². The fourth-order valence-electron chi connectivity index (χ4n) is 11.3. The van der Waals surface area contributed by atoms with Gasteiger partial charge in [-0.05, 0) is 163 Å². The third-order valence-corrected chi connectivity index (χ3v) is 19.1. The monoisotopic (exact) mass is 1750 g/mol. The minimum atomic E-state index is -0.617. The van der Waals surface area contributed by atoms with Crippen LogP contribution in [0.5, 0.6) is 0 Å². The number of aliphatic imine (C=N–C) groups is 1. The molecule has 0 fully saturated rings. The van der Waals surface area contributed by atoms with Gasteiger partial charge in [-0.3, -0.25) is 69.7 Å². The Hall–Kier alpha value is -15.1.